The molecule has 0 atom stereocenters. The van der Waals surface area contributed by atoms with Crippen LogP contribution < -0.4 is 5.32 Å². The maximum Gasteiger partial charge on any atom is 0.222 e. The minimum atomic E-state index is 0.255. The number of fused-ring (bicyclic) bond motifs is 1. The van der Waals surface area contributed by atoms with Gasteiger partial charge in [-0.25, -0.2) is 0 Å². The van der Waals surface area contributed by atoms with E-state index in [4.69, 9.17) is 0 Å². The lowest BCUT2D eigenvalue weighted by molar-refractivity contribution is -0.132. The summed E-state index contributed by atoms with van der Waals surface area (Å²) < 4.78 is 0. The molecule has 5 nitrogen and oxygen atoms in total. The van der Waals surface area contributed by atoms with Gasteiger partial charge >= 0.3 is 0 Å². The van der Waals surface area contributed by atoms with Crippen molar-refractivity contribution < 1.29 is 4.79 Å². The fourth-order valence-electron chi connectivity index (χ4n) is 3.19. The van der Waals surface area contributed by atoms with Gasteiger partial charge in [-0.15, -0.1) is 0 Å². The van der Waals surface area contributed by atoms with E-state index in [1.54, 1.807) is 7.05 Å². The number of unbranched alkanes of at least 4 members (excludes halogenated alkanes) is 1. The van der Waals surface area contributed by atoms with Crippen molar-refractivity contribution in [3.8, 4) is 0 Å². The van der Waals surface area contributed by atoms with Crippen molar-refractivity contribution in [2.24, 2.45) is 4.99 Å². The maximum atomic E-state index is 12.5. The molecule has 25 heavy (non-hydrogen) atoms. The zero-order chi connectivity index (χ0) is 18.1. The van der Waals surface area contributed by atoms with E-state index in [1.165, 1.54) is 17.5 Å². The first kappa shape index (κ1) is 19.3. The number of rotatable bonds is 7. The average Bonchev–Trinajstić information content (AvgIpc) is 2.65. The molecule has 0 bridgehead atoms. The fraction of sp³-hybridized carbons (Fsp3) is 0.600. The summed E-state index contributed by atoms with van der Waals surface area (Å²) in [5, 5.41) is 3.36. The van der Waals surface area contributed by atoms with Crippen molar-refractivity contribution in [1.82, 2.24) is 15.1 Å². The Kier molecular flexibility index (Phi) is 7.76. The van der Waals surface area contributed by atoms with E-state index in [0.29, 0.717) is 6.42 Å². The van der Waals surface area contributed by atoms with E-state index in [-0.39, 0.29) is 5.91 Å². The summed E-state index contributed by atoms with van der Waals surface area (Å²) >= 11 is 0. The maximum absolute atomic E-state index is 12.5. The van der Waals surface area contributed by atoms with E-state index >= 15 is 0 Å². The Morgan fingerprint density at radius 2 is 2.04 bits per heavy atom. The van der Waals surface area contributed by atoms with Crippen LogP contribution in [0.25, 0.3) is 0 Å². The molecule has 0 saturated carbocycles. The van der Waals surface area contributed by atoms with Crippen LogP contribution in [-0.4, -0.2) is 55.4 Å². The van der Waals surface area contributed by atoms with E-state index in [1.807, 2.05) is 4.90 Å². The minimum Gasteiger partial charge on any atom is -0.356 e. The van der Waals surface area contributed by atoms with E-state index in [0.717, 1.165) is 51.4 Å². The molecule has 1 aliphatic heterocycles. The average molecular weight is 345 g/mol. The fourth-order valence-corrected chi connectivity index (χ4v) is 3.19. The van der Waals surface area contributed by atoms with Gasteiger partial charge in [0.1, 0.15) is 0 Å². The summed E-state index contributed by atoms with van der Waals surface area (Å²) in [5.74, 6) is 1.17. The highest BCUT2D eigenvalue weighted by atomic mass is 16.2. The highest BCUT2D eigenvalue weighted by Crippen LogP contribution is 2.19. The third kappa shape index (κ3) is 5.76. The van der Waals surface area contributed by atoms with Gasteiger partial charge in [0, 0.05) is 46.7 Å². The lowest BCUT2D eigenvalue weighted by Crippen LogP contribution is -2.40. The van der Waals surface area contributed by atoms with Crippen LogP contribution in [0.4, 0.5) is 0 Å². The third-order valence-corrected chi connectivity index (χ3v) is 4.75. The first-order chi connectivity index (χ1) is 12.2. The topological polar surface area (TPSA) is 47.9 Å². The Balaban J connectivity index is 1.70. The Hall–Kier alpha value is -2.04. The molecule has 0 spiro atoms. The van der Waals surface area contributed by atoms with Crippen LogP contribution in [0.1, 0.15) is 43.7 Å². The predicted molar refractivity (Wildman–Crippen MR) is 104 cm³/mol. The first-order valence-electron chi connectivity index (χ1n) is 9.42. The Bertz CT molecular complexity index is 585. The second-order valence-electron chi connectivity index (χ2n) is 6.69. The molecule has 0 aliphatic carbocycles. The van der Waals surface area contributed by atoms with Crippen LogP contribution in [-0.2, 0) is 17.8 Å². The molecule has 2 rings (SSSR count). The van der Waals surface area contributed by atoms with Gasteiger partial charge in [-0.1, -0.05) is 37.6 Å². The number of benzene rings is 1. The Labute approximate surface area is 152 Å². The van der Waals surface area contributed by atoms with Gasteiger partial charge in [-0.05, 0) is 30.4 Å². The molecule has 1 aromatic rings. The summed E-state index contributed by atoms with van der Waals surface area (Å²) in [6.07, 6.45) is 4.72. The molecule has 1 amide bonds. The lowest BCUT2D eigenvalue weighted by Gasteiger charge is -2.29. The van der Waals surface area contributed by atoms with E-state index in [9.17, 15) is 4.79 Å². The standard InChI is InChI=1S/C20H32N4O/c1-4-5-14-23(3)20(21-2)22-13-8-11-19(25)24-15-12-17-9-6-7-10-18(17)16-24/h6-7,9-10H,4-5,8,11-16H2,1-3H3,(H,21,22). The number of nitrogens with zero attached hydrogens (tertiary/aromatic N) is 3. The second kappa shape index (κ2) is 10.1. The van der Waals surface area contributed by atoms with Crippen molar-refractivity contribution >= 4 is 11.9 Å². The number of hydrogen-bond acceptors (Lipinski definition) is 2. The van der Waals surface area contributed by atoms with Crippen molar-refractivity contribution in [2.45, 2.75) is 45.6 Å². The summed E-state index contributed by atoms with van der Waals surface area (Å²) in [6.45, 7) is 5.56. The molecule has 1 aliphatic rings. The van der Waals surface area contributed by atoms with Crippen molar-refractivity contribution in [1.29, 1.82) is 0 Å². The first-order valence-corrected chi connectivity index (χ1v) is 9.42. The molecular weight excluding hydrogens is 312 g/mol. The molecular formula is C20H32N4O. The molecule has 1 aromatic carbocycles. The second-order valence-corrected chi connectivity index (χ2v) is 6.69. The number of carbonyl (C=O) groups is 1. The summed E-state index contributed by atoms with van der Waals surface area (Å²) in [5.41, 5.74) is 2.67. The number of nitrogens with one attached hydrogen (secondary N) is 1. The monoisotopic (exact) mass is 344 g/mol. The van der Waals surface area contributed by atoms with Crippen LogP contribution in [0, 0.1) is 0 Å². The lowest BCUT2D eigenvalue weighted by atomic mass is 9.99. The van der Waals surface area contributed by atoms with Crippen LogP contribution >= 0.6 is 0 Å². The number of aliphatic imine (C=N–C) groups is 1. The highest BCUT2D eigenvalue weighted by Gasteiger charge is 2.19. The van der Waals surface area contributed by atoms with Crippen LogP contribution in [0.3, 0.4) is 0 Å². The van der Waals surface area contributed by atoms with Gasteiger partial charge in [0.05, 0.1) is 0 Å². The molecule has 0 saturated heterocycles. The van der Waals surface area contributed by atoms with Crippen LogP contribution in [0.2, 0.25) is 0 Å². The van der Waals surface area contributed by atoms with Crippen LogP contribution in [0.15, 0.2) is 29.3 Å². The van der Waals surface area contributed by atoms with E-state index < -0.39 is 0 Å². The van der Waals surface area contributed by atoms with Gasteiger partial charge in [0.15, 0.2) is 5.96 Å². The number of amides is 1. The van der Waals surface area contributed by atoms with Gasteiger partial charge in [-0.2, -0.15) is 0 Å². The molecule has 0 unspecified atom stereocenters. The number of guanidine groups is 1. The van der Waals surface area contributed by atoms with Gasteiger partial charge in [-0.3, -0.25) is 9.79 Å². The third-order valence-electron chi connectivity index (χ3n) is 4.75. The largest absolute Gasteiger partial charge is 0.356 e. The summed E-state index contributed by atoms with van der Waals surface area (Å²) in [4.78, 5) is 20.9. The summed E-state index contributed by atoms with van der Waals surface area (Å²) in [6, 6.07) is 8.43. The zero-order valence-corrected chi connectivity index (χ0v) is 15.9. The molecule has 0 aromatic heterocycles. The van der Waals surface area contributed by atoms with E-state index in [2.05, 4.69) is 53.4 Å². The van der Waals surface area contributed by atoms with Crippen LogP contribution in [0.5, 0.6) is 0 Å². The molecule has 5 heteroatoms. The molecule has 1 N–H and O–H groups in total. The summed E-state index contributed by atoms with van der Waals surface area (Å²) in [7, 11) is 3.86. The Morgan fingerprint density at radius 1 is 1.28 bits per heavy atom. The van der Waals surface area contributed by atoms with Gasteiger partial charge in [0.25, 0.3) is 0 Å². The van der Waals surface area contributed by atoms with Gasteiger partial charge in [0.2, 0.25) is 5.91 Å². The molecule has 0 radical (unpaired) electrons. The van der Waals surface area contributed by atoms with Crippen molar-refractivity contribution in [2.75, 3.05) is 33.7 Å². The normalized spacial score (nSPS) is 14.2. The Morgan fingerprint density at radius 3 is 2.76 bits per heavy atom. The van der Waals surface area contributed by atoms with Crippen molar-refractivity contribution in [3.05, 3.63) is 35.4 Å². The molecule has 138 valence electrons. The highest BCUT2D eigenvalue weighted by molar-refractivity contribution is 5.80. The van der Waals surface area contributed by atoms with Gasteiger partial charge < -0.3 is 15.1 Å². The number of hydrogen-bond donors (Lipinski definition) is 1. The minimum absolute atomic E-state index is 0.255. The molecule has 1 heterocycles. The zero-order valence-electron chi connectivity index (χ0n) is 15.9. The quantitative estimate of drug-likeness (QED) is 0.470. The SMILES string of the molecule is CCCCN(C)C(=NC)NCCCC(=O)N1CCc2ccccc2C1. The smallest absolute Gasteiger partial charge is 0.222 e. The van der Waals surface area contributed by atoms with Crippen molar-refractivity contribution in [3.63, 3.8) is 0 Å². The number of carbonyl (C=O) groups excluding carboxylic acids is 1. The predicted octanol–water partition coefficient (Wildman–Crippen LogP) is 2.66. The molecule has 0 fully saturated rings.